The maximum atomic E-state index is 11.7. The number of benzene rings is 2. The van der Waals surface area contributed by atoms with Crippen LogP contribution in [0.25, 0.3) is 0 Å². The number of ether oxygens (including phenoxy) is 1. The molecule has 2 aliphatic rings. The van der Waals surface area contributed by atoms with Crippen molar-refractivity contribution < 1.29 is 19.7 Å². The predicted octanol–water partition coefficient (Wildman–Crippen LogP) is 5.72. The minimum atomic E-state index is -0.956. The van der Waals surface area contributed by atoms with E-state index in [1.165, 1.54) is 5.56 Å². The van der Waals surface area contributed by atoms with Crippen molar-refractivity contribution in [1.82, 2.24) is 0 Å². The molecule has 0 saturated heterocycles. The van der Waals surface area contributed by atoms with Crippen LogP contribution in [-0.4, -0.2) is 35.4 Å². The molecule has 2 N–H and O–H groups in total. The van der Waals surface area contributed by atoms with E-state index in [1.807, 2.05) is 18.2 Å². The Labute approximate surface area is 200 Å². The molecule has 6 heteroatoms. The molecule has 1 aliphatic carbocycles. The van der Waals surface area contributed by atoms with Gasteiger partial charge in [-0.3, -0.25) is 0 Å². The van der Waals surface area contributed by atoms with Gasteiger partial charge in [-0.15, -0.1) is 6.58 Å². The van der Waals surface area contributed by atoms with Crippen LogP contribution in [-0.2, 0) is 13.0 Å². The van der Waals surface area contributed by atoms with Gasteiger partial charge in [0.05, 0.1) is 17.4 Å². The number of carbonyl (C=O) groups is 1. The Bertz CT molecular complexity index is 1040. The van der Waals surface area contributed by atoms with E-state index in [1.54, 1.807) is 24.3 Å². The minimum Gasteiger partial charge on any atom is -0.487 e. The third-order valence-electron chi connectivity index (χ3n) is 7.53. The summed E-state index contributed by atoms with van der Waals surface area (Å²) in [5.74, 6) is 0.00341. The summed E-state index contributed by atoms with van der Waals surface area (Å²) in [5, 5.41) is 20.9. The molecule has 1 heterocycles. The van der Waals surface area contributed by atoms with Crippen LogP contribution in [0.1, 0.15) is 54.1 Å². The van der Waals surface area contributed by atoms with Gasteiger partial charge in [-0.1, -0.05) is 30.7 Å². The number of carboxylic acids is 1. The summed E-state index contributed by atoms with van der Waals surface area (Å²) in [7, 11) is 0. The van der Waals surface area contributed by atoms with E-state index in [2.05, 4.69) is 18.4 Å². The third kappa shape index (κ3) is 4.90. The Morgan fingerprint density at radius 3 is 2.82 bits per heavy atom. The lowest BCUT2D eigenvalue weighted by Crippen LogP contribution is -2.51. The topological polar surface area (TPSA) is 70.0 Å². The Morgan fingerprint density at radius 2 is 2.12 bits per heavy atom. The van der Waals surface area contributed by atoms with Gasteiger partial charge in [0, 0.05) is 23.5 Å². The molecule has 0 aromatic heterocycles. The highest BCUT2D eigenvalue weighted by molar-refractivity contribution is 6.30. The SMILES string of the molecule is C=C[C@H](O)[C@]1(C)CC[C@H]1CN1CCCCc2cc(Cl)ccc2COc2ccc(C(=O)O)cc21. The van der Waals surface area contributed by atoms with Crippen molar-refractivity contribution in [2.75, 3.05) is 18.0 Å². The first kappa shape index (κ1) is 23.7. The molecule has 0 spiro atoms. The normalized spacial score (nSPS) is 23.7. The second kappa shape index (κ2) is 9.78. The van der Waals surface area contributed by atoms with E-state index in [4.69, 9.17) is 16.3 Å². The highest BCUT2D eigenvalue weighted by Gasteiger charge is 2.47. The van der Waals surface area contributed by atoms with Gasteiger partial charge in [-0.2, -0.15) is 0 Å². The van der Waals surface area contributed by atoms with Crippen molar-refractivity contribution >= 4 is 23.3 Å². The number of anilines is 1. The average molecular weight is 470 g/mol. The van der Waals surface area contributed by atoms with Gasteiger partial charge in [0.15, 0.2) is 0 Å². The van der Waals surface area contributed by atoms with Crippen LogP contribution in [0.15, 0.2) is 49.1 Å². The second-order valence-corrected chi connectivity index (χ2v) is 9.95. The zero-order chi connectivity index (χ0) is 23.6. The van der Waals surface area contributed by atoms with E-state index in [0.29, 0.717) is 12.4 Å². The van der Waals surface area contributed by atoms with Crippen LogP contribution in [0.5, 0.6) is 5.75 Å². The summed E-state index contributed by atoms with van der Waals surface area (Å²) in [6.07, 6.45) is 5.91. The molecule has 5 nitrogen and oxygen atoms in total. The van der Waals surface area contributed by atoms with Crippen LogP contribution in [0.3, 0.4) is 0 Å². The molecule has 1 saturated carbocycles. The lowest BCUT2D eigenvalue weighted by Gasteiger charge is -2.51. The van der Waals surface area contributed by atoms with Crippen LogP contribution in [0, 0.1) is 11.3 Å². The quantitative estimate of drug-likeness (QED) is 0.548. The van der Waals surface area contributed by atoms with Crippen LogP contribution < -0.4 is 9.64 Å². The van der Waals surface area contributed by atoms with E-state index < -0.39 is 12.1 Å². The molecule has 2 aromatic carbocycles. The number of rotatable bonds is 5. The number of aromatic carboxylic acids is 1. The number of halogens is 1. The molecule has 0 radical (unpaired) electrons. The number of aryl methyl sites for hydroxylation is 1. The monoisotopic (exact) mass is 469 g/mol. The Morgan fingerprint density at radius 1 is 1.30 bits per heavy atom. The molecule has 0 amide bonds. The van der Waals surface area contributed by atoms with Gasteiger partial charge in [0.2, 0.25) is 0 Å². The molecule has 176 valence electrons. The molecule has 3 atom stereocenters. The van der Waals surface area contributed by atoms with Crippen molar-refractivity contribution in [3.05, 3.63) is 70.8 Å². The largest absolute Gasteiger partial charge is 0.487 e. The first-order valence-electron chi connectivity index (χ1n) is 11.6. The number of nitrogens with zero attached hydrogens (tertiary/aromatic N) is 1. The predicted molar refractivity (Wildman–Crippen MR) is 131 cm³/mol. The van der Waals surface area contributed by atoms with Crippen molar-refractivity contribution in [2.24, 2.45) is 11.3 Å². The number of hydrogen-bond donors (Lipinski definition) is 2. The molecule has 0 unspecified atom stereocenters. The lowest BCUT2D eigenvalue weighted by atomic mass is 9.58. The molecular weight excluding hydrogens is 438 g/mol. The van der Waals surface area contributed by atoms with Gasteiger partial charge < -0.3 is 19.8 Å². The van der Waals surface area contributed by atoms with Crippen molar-refractivity contribution in [3.8, 4) is 5.75 Å². The summed E-state index contributed by atoms with van der Waals surface area (Å²) < 4.78 is 6.26. The third-order valence-corrected chi connectivity index (χ3v) is 7.76. The molecule has 2 aromatic rings. The summed E-state index contributed by atoms with van der Waals surface area (Å²) in [6.45, 7) is 7.82. The van der Waals surface area contributed by atoms with Gasteiger partial charge in [-0.25, -0.2) is 4.79 Å². The van der Waals surface area contributed by atoms with E-state index in [9.17, 15) is 15.0 Å². The van der Waals surface area contributed by atoms with Gasteiger partial charge in [0.1, 0.15) is 12.4 Å². The summed E-state index contributed by atoms with van der Waals surface area (Å²) >= 11 is 6.24. The second-order valence-electron chi connectivity index (χ2n) is 9.51. The molecule has 4 rings (SSSR count). The number of aliphatic hydroxyl groups is 1. The van der Waals surface area contributed by atoms with Gasteiger partial charge in [-0.05, 0) is 79.5 Å². The van der Waals surface area contributed by atoms with Crippen LogP contribution in [0.4, 0.5) is 5.69 Å². The van der Waals surface area contributed by atoms with Crippen LogP contribution >= 0.6 is 11.6 Å². The maximum Gasteiger partial charge on any atom is 0.335 e. The van der Waals surface area contributed by atoms with E-state index in [-0.39, 0.29) is 16.9 Å². The van der Waals surface area contributed by atoms with E-state index in [0.717, 1.165) is 61.5 Å². The standard InChI is InChI=1S/C27H32ClNO4/c1-3-25(30)27(2)12-11-21(27)16-29-13-5-4-6-18-14-22(28)9-7-20(18)17-33-24-10-8-19(26(31)32)15-23(24)29/h3,7-10,14-15,21,25,30H,1,4-6,11-13,16-17H2,2H3,(H,31,32)/t21-,25-,27+/m0/s1. The first-order chi connectivity index (χ1) is 15.8. The fourth-order valence-electron chi connectivity index (χ4n) is 5.10. The molecule has 1 fully saturated rings. The van der Waals surface area contributed by atoms with Crippen LogP contribution in [0.2, 0.25) is 5.02 Å². The summed E-state index contributed by atoms with van der Waals surface area (Å²) in [5.41, 5.74) is 3.12. The zero-order valence-corrected chi connectivity index (χ0v) is 19.9. The minimum absolute atomic E-state index is 0.216. The Kier molecular flexibility index (Phi) is 7.01. The molecule has 33 heavy (non-hydrogen) atoms. The fraction of sp³-hybridized carbons (Fsp3) is 0.444. The summed E-state index contributed by atoms with van der Waals surface area (Å²) in [6, 6.07) is 11.0. The number of fused-ring (bicyclic) bond motifs is 2. The van der Waals surface area contributed by atoms with Gasteiger partial charge in [0.25, 0.3) is 0 Å². The lowest BCUT2D eigenvalue weighted by molar-refractivity contribution is -0.0464. The average Bonchev–Trinajstić information content (AvgIpc) is 2.83. The maximum absolute atomic E-state index is 11.7. The number of hydrogen-bond acceptors (Lipinski definition) is 4. The molecule has 0 bridgehead atoms. The Balaban J connectivity index is 1.67. The molecular formula is C27H32ClNO4. The fourth-order valence-corrected chi connectivity index (χ4v) is 5.29. The van der Waals surface area contributed by atoms with Crippen molar-refractivity contribution in [3.63, 3.8) is 0 Å². The molecule has 1 aliphatic heterocycles. The van der Waals surface area contributed by atoms with Gasteiger partial charge >= 0.3 is 5.97 Å². The highest BCUT2D eigenvalue weighted by atomic mass is 35.5. The zero-order valence-electron chi connectivity index (χ0n) is 19.1. The Hall–Kier alpha value is -2.50. The van der Waals surface area contributed by atoms with Crippen molar-refractivity contribution in [1.29, 1.82) is 0 Å². The van der Waals surface area contributed by atoms with E-state index >= 15 is 0 Å². The first-order valence-corrected chi connectivity index (χ1v) is 12.0. The smallest absolute Gasteiger partial charge is 0.335 e. The summed E-state index contributed by atoms with van der Waals surface area (Å²) in [4.78, 5) is 14.0. The van der Waals surface area contributed by atoms with Crippen molar-refractivity contribution in [2.45, 2.75) is 51.7 Å². The number of carboxylic acid groups (broad SMARTS) is 1. The number of aliphatic hydroxyl groups excluding tert-OH is 1. The highest BCUT2D eigenvalue weighted by Crippen LogP contribution is 2.50.